The predicted molar refractivity (Wildman–Crippen MR) is 43.0 cm³/mol. The van der Waals surface area contributed by atoms with Crippen LogP contribution in [0.15, 0.2) is 6.20 Å². The van der Waals surface area contributed by atoms with Gasteiger partial charge in [0.25, 0.3) is 0 Å². The Morgan fingerprint density at radius 2 is 1.78 bits per heavy atom. The van der Waals surface area contributed by atoms with Crippen LogP contribution < -0.4 is 4.74 Å². The van der Waals surface area contributed by atoms with E-state index in [-0.39, 0.29) is 6.20 Å². The molecule has 0 aliphatic carbocycles. The fourth-order valence-corrected chi connectivity index (χ4v) is 1.03. The zero-order chi connectivity index (χ0) is 14.1. The highest BCUT2D eigenvalue weighted by Crippen LogP contribution is 2.40. The average Bonchev–Trinajstić information content (AvgIpc) is 2.13. The molecule has 10 heteroatoms. The zero-order valence-electron chi connectivity index (χ0n) is 8.13. The molecule has 0 saturated heterocycles. The van der Waals surface area contributed by atoms with Gasteiger partial charge in [0.15, 0.2) is 17.7 Å². The lowest BCUT2D eigenvalue weighted by atomic mass is 10.2. The molecule has 100 valence electrons. The molecule has 0 amide bonds. The number of hydrogen-bond donors (Lipinski definition) is 1. The Balaban J connectivity index is 3.50. The van der Waals surface area contributed by atoms with Gasteiger partial charge in [-0.3, -0.25) is 4.79 Å². The Bertz CT molecular complexity index is 467. The van der Waals surface area contributed by atoms with Gasteiger partial charge in [0.05, 0.1) is 6.20 Å². The molecular formula is C8H3F6NO3. The SMILES string of the molecule is O=Cc1c(O)cnc(C(F)(F)F)c1OC(F)(F)F. The molecule has 0 radical (unpaired) electrons. The second-order valence-corrected chi connectivity index (χ2v) is 2.90. The van der Waals surface area contributed by atoms with E-state index in [0.29, 0.717) is 0 Å². The third kappa shape index (κ3) is 3.02. The Labute approximate surface area is 94.8 Å². The van der Waals surface area contributed by atoms with Gasteiger partial charge in [-0.25, -0.2) is 4.98 Å². The van der Waals surface area contributed by atoms with Crippen LogP contribution in [0.5, 0.6) is 11.5 Å². The van der Waals surface area contributed by atoms with Crippen LogP contribution in [-0.4, -0.2) is 22.7 Å². The number of aldehydes is 1. The van der Waals surface area contributed by atoms with Crippen LogP contribution in [0, 0.1) is 0 Å². The first-order valence-corrected chi connectivity index (χ1v) is 4.06. The fourth-order valence-electron chi connectivity index (χ4n) is 1.03. The number of aromatic hydroxyl groups is 1. The molecule has 1 heterocycles. The molecule has 18 heavy (non-hydrogen) atoms. The molecule has 1 N–H and O–H groups in total. The Morgan fingerprint density at radius 3 is 2.17 bits per heavy atom. The van der Waals surface area contributed by atoms with Crippen molar-refractivity contribution in [3.63, 3.8) is 0 Å². The minimum atomic E-state index is -5.47. The van der Waals surface area contributed by atoms with Crippen LogP contribution >= 0.6 is 0 Å². The van der Waals surface area contributed by atoms with Gasteiger partial charge in [-0.1, -0.05) is 0 Å². The molecule has 0 aliphatic heterocycles. The molecule has 1 rings (SSSR count). The lowest BCUT2D eigenvalue weighted by Gasteiger charge is -2.16. The highest BCUT2D eigenvalue weighted by molar-refractivity contribution is 5.83. The topological polar surface area (TPSA) is 59.4 Å². The maximum absolute atomic E-state index is 12.4. The maximum Gasteiger partial charge on any atom is 0.573 e. The molecule has 0 aromatic carbocycles. The molecule has 0 unspecified atom stereocenters. The summed E-state index contributed by atoms with van der Waals surface area (Å²) in [5.41, 5.74) is -3.34. The van der Waals surface area contributed by atoms with E-state index >= 15 is 0 Å². The third-order valence-corrected chi connectivity index (χ3v) is 1.66. The quantitative estimate of drug-likeness (QED) is 0.665. The number of hydrogen-bond acceptors (Lipinski definition) is 4. The number of aromatic nitrogens is 1. The van der Waals surface area contributed by atoms with E-state index in [4.69, 9.17) is 5.11 Å². The fraction of sp³-hybridized carbons (Fsp3) is 0.250. The van der Waals surface area contributed by atoms with Gasteiger partial charge in [-0.05, 0) is 0 Å². The highest BCUT2D eigenvalue weighted by atomic mass is 19.4. The minimum Gasteiger partial charge on any atom is -0.505 e. The van der Waals surface area contributed by atoms with Crippen molar-refractivity contribution >= 4 is 6.29 Å². The highest BCUT2D eigenvalue weighted by Gasteiger charge is 2.42. The molecule has 0 aliphatic rings. The second-order valence-electron chi connectivity index (χ2n) is 2.90. The van der Waals surface area contributed by atoms with Crippen LogP contribution in [0.1, 0.15) is 16.1 Å². The van der Waals surface area contributed by atoms with Crippen molar-refractivity contribution in [2.24, 2.45) is 0 Å². The lowest BCUT2D eigenvalue weighted by Crippen LogP contribution is -2.22. The molecule has 0 atom stereocenters. The number of nitrogens with zero attached hydrogens (tertiary/aromatic N) is 1. The van der Waals surface area contributed by atoms with Crippen molar-refractivity contribution < 1.29 is 41.0 Å². The number of carbonyl (C=O) groups is 1. The number of ether oxygens (including phenoxy) is 1. The zero-order valence-corrected chi connectivity index (χ0v) is 8.13. The van der Waals surface area contributed by atoms with Crippen molar-refractivity contribution in [3.8, 4) is 11.5 Å². The van der Waals surface area contributed by atoms with E-state index in [0.717, 1.165) is 0 Å². The van der Waals surface area contributed by atoms with Crippen molar-refractivity contribution in [3.05, 3.63) is 17.5 Å². The summed E-state index contributed by atoms with van der Waals surface area (Å²) >= 11 is 0. The molecule has 0 bridgehead atoms. The number of alkyl halides is 6. The van der Waals surface area contributed by atoms with E-state index in [2.05, 4.69) is 9.72 Å². The standard InChI is InChI=1S/C8H3F6NO3/c9-7(10,11)6-5(18-8(12,13)14)3(2-16)4(17)1-15-6/h1-2,17H. The third-order valence-electron chi connectivity index (χ3n) is 1.66. The second kappa shape index (κ2) is 4.35. The number of pyridine rings is 1. The molecule has 4 nitrogen and oxygen atoms in total. The van der Waals surface area contributed by atoms with Gasteiger partial charge in [0, 0.05) is 0 Å². The first-order valence-electron chi connectivity index (χ1n) is 4.06. The van der Waals surface area contributed by atoms with E-state index in [1.165, 1.54) is 0 Å². The molecular weight excluding hydrogens is 272 g/mol. The number of rotatable bonds is 2. The molecule has 1 aromatic heterocycles. The van der Waals surface area contributed by atoms with Gasteiger partial charge in [0.1, 0.15) is 11.3 Å². The van der Waals surface area contributed by atoms with Gasteiger partial charge in [-0.15, -0.1) is 13.2 Å². The van der Waals surface area contributed by atoms with Crippen LogP contribution in [-0.2, 0) is 6.18 Å². The lowest BCUT2D eigenvalue weighted by molar-refractivity contribution is -0.276. The van der Waals surface area contributed by atoms with Crippen LogP contribution in [0.25, 0.3) is 0 Å². The maximum atomic E-state index is 12.4. The van der Waals surface area contributed by atoms with Crippen molar-refractivity contribution in [2.75, 3.05) is 0 Å². The first-order chi connectivity index (χ1) is 8.06. The van der Waals surface area contributed by atoms with Crippen LogP contribution in [0.4, 0.5) is 26.3 Å². The summed E-state index contributed by atoms with van der Waals surface area (Å²) in [6.07, 6.45) is -10.9. The molecule has 0 fully saturated rings. The van der Waals surface area contributed by atoms with E-state index < -0.39 is 41.6 Å². The Hall–Kier alpha value is -2.00. The number of carbonyl (C=O) groups excluding carboxylic acids is 1. The van der Waals surface area contributed by atoms with Crippen molar-refractivity contribution in [2.45, 2.75) is 12.5 Å². The first kappa shape index (κ1) is 14.1. The van der Waals surface area contributed by atoms with E-state index in [9.17, 15) is 31.1 Å². The minimum absolute atomic E-state index is 0.204. The summed E-state index contributed by atoms with van der Waals surface area (Å²) in [5.74, 6) is -3.04. The van der Waals surface area contributed by atoms with Gasteiger partial charge < -0.3 is 9.84 Å². The van der Waals surface area contributed by atoms with E-state index in [1.54, 1.807) is 0 Å². The predicted octanol–water partition coefficient (Wildman–Crippen LogP) is 2.52. The van der Waals surface area contributed by atoms with E-state index in [1.807, 2.05) is 0 Å². The molecule has 0 spiro atoms. The molecule has 0 saturated carbocycles. The average molecular weight is 275 g/mol. The molecule has 1 aromatic rings. The summed E-state index contributed by atoms with van der Waals surface area (Å²) in [5, 5.41) is 8.97. The Morgan fingerprint density at radius 1 is 1.22 bits per heavy atom. The summed E-state index contributed by atoms with van der Waals surface area (Å²) in [6.45, 7) is 0. The number of halogens is 6. The summed E-state index contributed by atoms with van der Waals surface area (Å²) < 4.78 is 76.0. The van der Waals surface area contributed by atoms with Gasteiger partial charge in [-0.2, -0.15) is 13.2 Å². The normalized spacial score (nSPS) is 12.3. The van der Waals surface area contributed by atoms with Crippen LogP contribution in [0.2, 0.25) is 0 Å². The summed E-state index contributed by atoms with van der Waals surface area (Å²) in [4.78, 5) is 13.0. The Kier molecular flexibility index (Phi) is 3.40. The summed E-state index contributed by atoms with van der Waals surface area (Å²) in [7, 11) is 0. The van der Waals surface area contributed by atoms with Crippen LogP contribution in [0.3, 0.4) is 0 Å². The largest absolute Gasteiger partial charge is 0.573 e. The van der Waals surface area contributed by atoms with Crippen molar-refractivity contribution in [1.82, 2.24) is 4.98 Å². The van der Waals surface area contributed by atoms with Gasteiger partial charge in [0.2, 0.25) is 0 Å². The monoisotopic (exact) mass is 275 g/mol. The van der Waals surface area contributed by atoms with Gasteiger partial charge >= 0.3 is 12.5 Å². The smallest absolute Gasteiger partial charge is 0.505 e. The summed E-state index contributed by atoms with van der Waals surface area (Å²) in [6, 6.07) is 0. The van der Waals surface area contributed by atoms with Crippen molar-refractivity contribution in [1.29, 1.82) is 0 Å².